The van der Waals surface area contributed by atoms with Gasteiger partial charge in [-0.3, -0.25) is 4.79 Å². The number of hydrogen-bond donors (Lipinski definition) is 1. The minimum absolute atomic E-state index is 0.117. The Kier molecular flexibility index (Phi) is 3.32. The van der Waals surface area contributed by atoms with Gasteiger partial charge in [0.25, 0.3) is 0 Å². The van der Waals surface area contributed by atoms with Crippen molar-refractivity contribution in [1.29, 1.82) is 0 Å². The first-order valence-corrected chi connectivity index (χ1v) is 4.71. The zero-order valence-electron chi connectivity index (χ0n) is 7.89. The summed E-state index contributed by atoms with van der Waals surface area (Å²) in [4.78, 5) is 11.3. The Hall–Kier alpha value is -0.790. The lowest BCUT2D eigenvalue weighted by atomic mass is 10.2. The van der Waals surface area contributed by atoms with Crippen molar-refractivity contribution in [2.75, 3.05) is 0 Å². The molecule has 1 amide bonds. The SMILES string of the molecule is CCC/C=C(\C)C(=O)NC1CC1. The summed E-state index contributed by atoms with van der Waals surface area (Å²) in [5, 5.41) is 2.96. The lowest BCUT2D eigenvalue weighted by Crippen LogP contribution is -2.25. The molecular formula is C10H17NO. The van der Waals surface area contributed by atoms with E-state index in [0.717, 1.165) is 31.3 Å². The Balaban J connectivity index is 2.28. The highest BCUT2D eigenvalue weighted by molar-refractivity contribution is 5.93. The molecule has 0 radical (unpaired) electrons. The fourth-order valence-corrected chi connectivity index (χ4v) is 0.980. The van der Waals surface area contributed by atoms with Gasteiger partial charge in [0.15, 0.2) is 0 Å². The fraction of sp³-hybridized carbons (Fsp3) is 0.700. The number of hydrogen-bond acceptors (Lipinski definition) is 1. The van der Waals surface area contributed by atoms with Crippen LogP contribution in [0.5, 0.6) is 0 Å². The quantitative estimate of drug-likeness (QED) is 0.638. The molecule has 0 aromatic heterocycles. The molecule has 68 valence electrons. The van der Waals surface area contributed by atoms with E-state index in [1.54, 1.807) is 0 Å². The minimum Gasteiger partial charge on any atom is -0.350 e. The molecule has 2 nitrogen and oxygen atoms in total. The van der Waals surface area contributed by atoms with Gasteiger partial charge in [0.05, 0.1) is 0 Å². The van der Waals surface area contributed by atoms with Crippen molar-refractivity contribution in [2.45, 2.75) is 45.6 Å². The summed E-state index contributed by atoms with van der Waals surface area (Å²) in [6.07, 6.45) is 6.44. The number of allylic oxidation sites excluding steroid dienone is 1. The normalized spacial score (nSPS) is 17.7. The van der Waals surface area contributed by atoms with Gasteiger partial charge in [0, 0.05) is 11.6 Å². The maximum Gasteiger partial charge on any atom is 0.246 e. The van der Waals surface area contributed by atoms with Gasteiger partial charge in [-0.05, 0) is 26.2 Å². The Morgan fingerprint density at radius 3 is 2.75 bits per heavy atom. The van der Waals surface area contributed by atoms with Crippen molar-refractivity contribution >= 4 is 5.91 Å². The molecule has 12 heavy (non-hydrogen) atoms. The Bertz CT molecular complexity index is 192. The smallest absolute Gasteiger partial charge is 0.246 e. The molecule has 1 aliphatic carbocycles. The van der Waals surface area contributed by atoms with Crippen LogP contribution < -0.4 is 5.32 Å². The first-order valence-electron chi connectivity index (χ1n) is 4.71. The van der Waals surface area contributed by atoms with Crippen molar-refractivity contribution in [3.05, 3.63) is 11.6 Å². The molecule has 0 unspecified atom stereocenters. The molecule has 0 spiro atoms. The lowest BCUT2D eigenvalue weighted by Gasteiger charge is -2.02. The number of unbranched alkanes of at least 4 members (excludes halogenated alkanes) is 1. The topological polar surface area (TPSA) is 29.1 Å². The minimum atomic E-state index is 0.117. The van der Waals surface area contributed by atoms with Gasteiger partial charge in [-0.2, -0.15) is 0 Å². The molecule has 0 aromatic carbocycles. The standard InChI is InChI=1S/C10H17NO/c1-3-4-5-8(2)10(12)11-9-6-7-9/h5,9H,3-4,6-7H2,1-2H3,(H,11,12)/b8-5+. The fourth-order valence-electron chi connectivity index (χ4n) is 0.980. The summed E-state index contributed by atoms with van der Waals surface area (Å²) in [5.41, 5.74) is 0.865. The predicted octanol–water partition coefficient (Wildman–Crippen LogP) is 2.01. The van der Waals surface area contributed by atoms with E-state index in [1.807, 2.05) is 13.0 Å². The summed E-state index contributed by atoms with van der Waals surface area (Å²) in [6, 6.07) is 0.475. The van der Waals surface area contributed by atoms with Gasteiger partial charge in [0.2, 0.25) is 5.91 Å². The van der Waals surface area contributed by atoms with Crippen LogP contribution in [0.1, 0.15) is 39.5 Å². The molecule has 1 rings (SSSR count). The maximum atomic E-state index is 11.3. The third-order valence-electron chi connectivity index (χ3n) is 2.01. The van der Waals surface area contributed by atoms with E-state index in [-0.39, 0.29) is 5.91 Å². The van der Waals surface area contributed by atoms with Crippen LogP contribution in [-0.2, 0) is 4.79 Å². The largest absolute Gasteiger partial charge is 0.350 e. The highest BCUT2D eigenvalue weighted by atomic mass is 16.1. The molecule has 1 fully saturated rings. The highest BCUT2D eigenvalue weighted by Gasteiger charge is 2.23. The second kappa shape index (κ2) is 4.29. The molecular weight excluding hydrogens is 150 g/mol. The monoisotopic (exact) mass is 167 g/mol. The molecule has 1 saturated carbocycles. The molecule has 0 aromatic rings. The molecule has 0 heterocycles. The third-order valence-corrected chi connectivity index (χ3v) is 2.01. The van der Waals surface area contributed by atoms with E-state index >= 15 is 0 Å². The second-order valence-electron chi connectivity index (χ2n) is 3.42. The van der Waals surface area contributed by atoms with Crippen LogP contribution in [0, 0.1) is 0 Å². The van der Waals surface area contributed by atoms with E-state index in [1.165, 1.54) is 0 Å². The summed E-state index contributed by atoms with van der Waals surface area (Å²) in [6.45, 7) is 4.00. The number of carbonyl (C=O) groups excluding carboxylic acids is 1. The van der Waals surface area contributed by atoms with Gasteiger partial charge in [-0.15, -0.1) is 0 Å². The molecule has 1 aliphatic rings. The van der Waals surface area contributed by atoms with Crippen molar-refractivity contribution in [3.63, 3.8) is 0 Å². The highest BCUT2D eigenvalue weighted by Crippen LogP contribution is 2.19. The number of amides is 1. The van der Waals surface area contributed by atoms with E-state index in [9.17, 15) is 4.79 Å². The molecule has 0 saturated heterocycles. The van der Waals surface area contributed by atoms with Gasteiger partial charge >= 0.3 is 0 Å². The van der Waals surface area contributed by atoms with Gasteiger partial charge in [-0.25, -0.2) is 0 Å². The van der Waals surface area contributed by atoms with Crippen LogP contribution in [-0.4, -0.2) is 11.9 Å². The summed E-state index contributed by atoms with van der Waals surface area (Å²) >= 11 is 0. The molecule has 0 aliphatic heterocycles. The van der Waals surface area contributed by atoms with Crippen molar-refractivity contribution < 1.29 is 4.79 Å². The molecule has 0 bridgehead atoms. The van der Waals surface area contributed by atoms with Crippen molar-refractivity contribution in [3.8, 4) is 0 Å². The zero-order valence-corrected chi connectivity index (χ0v) is 7.89. The van der Waals surface area contributed by atoms with Gasteiger partial charge in [-0.1, -0.05) is 19.4 Å². The second-order valence-corrected chi connectivity index (χ2v) is 3.42. The van der Waals surface area contributed by atoms with Gasteiger partial charge in [0.1, 0.15) is 0 Å². The Morgan fingerprint density at radius 2 is 2.25 bits per heavy atom. The summed E-state index contributed by atoms with van der Waals surface area (Å²) in [7, 11) is 0. The molecule has 1 N–H and O–H groups in total. The lowest BCUT2D eigenvalue weighted by molar-refractivity contribution is -0.117. The van der Waals surface area contributed by atoms with Crippen LogP contribution in [0.25, 0.3) is 0 Å². The third kappa shape index (κ3) is 3.07. The first kappa shape index (κ1) is 9.30. The van der Waals surface area contributed by atoms with Crippen molar-refractivity contribution in [1.82, 2.24) is 5.32 Å². The Labute approximate surface area is 74.0 Å². The summed E-state index contributed by atoms with van der Waals surface area (Å²) in [5.74, 6) is 0.117. The Morgan fingerprint density at radius 1 is 1.58 bits per heavy atom. The molecule has 2 heteroatoms. The van der Waals surface area contributed by atoms with E-state index < -0.39 is 0 Å². The van der Waals surface area contributed by atoms with Crippen LogP contribution in [0.15, 0.2) is 11.6 Å². The van der Waals surface area contributed by atoms with E-state index in [4.69, 9.17) is 0 Å². The van der Waals surface area contributed by atoms with Crippen LogP contribution in [0.4, 0.5) is 0 Å². The number of carbonyl (C=O) groups is 1. The summed E-state index contributed by atoms with van der Waals surface area (Å²) < 4.78 is 0. The maximum absolute atomic E-state index is 11.3. The average Bonchev–Trinajstić information content (AvgIpc) is 2.83. The van der Waals surface area contributed by atoms with Crippen LogP contribution in [0.3, 0.4) is 0 Å². The van der Waals surface area contributed by atoms with E-state index in [2.05, 4.69) is 12.2 Å². The first-order chi connectivity index (χ1) is 5.74. The number of rotatable bonds is 4. The number of nitrogens with one attached hydrogen (secondary N) is 1. The van der Waals surface area contributed by atoms with Crippen LogP contribution >= 0.6 is 0 Å². The van der Waals surface area contributed by atoms with E-state index in [0.29, 0.717) is 6.04 Å². The predicted molar refractivity (Wildman–Crippen MR) is 49.8 cm³/mol. The molecule has 0 atom stereocenters. The van der Waals surface area contributed by atoms with Crippen molar-refractivity contribution in [2.24, 2.45) is 0 Å². The van der Waals surface area contributed by atoms with Gasteiger partial charge < -0.3 is 5.32 Å². The van der Waals surface area contributed by atoms with Crippen LogP contribution in [0.2, 0.25) is 0 Å². The average molecular weight is 167 g/mol. The zero-order chi connectivity index (χ0) is 8.97.